The van der Waals surface area contributed by atoms with E-state index in [1.54, 1.807) is 12.1 Å². The van der Waals surface area contributed by atoms with Gasteiger partial charge in [0.05, 0.1) is 26.4 Å². The van der Waals surface area contributed by atoms with Crippen LogP contribution < -0.4 is 25.8 Å². The SMILES string of the molecule is O=S(=O)(O)c1cc(Nc2nc(Cc3ccccc3)nc(N3CCOCC3)n2)ccc1/C=C/c1ccc(Nc2nc(Nc3ccccc3)nc(N3CCOCC3)n2)cc1S(=O)(=O)O. The summed E-state index contributed by atoms with van der Waals surface area (Å²) in [7, 11) is -9.65. The molecule has 0 aliphatic carbocycles. The van der Waals surface area contributed by atoms with Gasteiger partial charge in [-0.1, -0.05) is 72.8 Å². The van der Waals surface area contributed by atoms with E-state index in [-0.39, 0.29) is 40.3 Å². The Morgan fingerprint density at radius 2 is 0.968 bits per heavy atom. The Bertz CT molecular complexity index is 2600. The Morgan fingerprint density at radius 1 is 0.532 bits per heavy atom. The Hall–Kier alpha value is -6.62. The normalized spacial score (nSPS) is 14.8. The fraction of sp³-hybridized carbons (Fsp3) is 0.220. The molecule has 0 radical (unpaired) electrons. The van der Waals surface area contributed by atoms with E-state index >= 15 is 0 Å². The van der Waals surface area contributed by atoms with Crippen LogP contribution in [0.2, 0.25) is 0 Å². The zero-order valence-corrected chi connectivity index (χ0v) is 34.6. The van der Waals surface area contributed by atoms with Crippen molar-refractivity contribution in [2.45, 2.75) is 16.2 Å². The summed E-state index contributed by atoms with van der Waals surface area (Å²) in [6.45, 7) is 4.23. The van der Waals surface area contributed by atoms with Crippen molar-refractivity contribution in [2.24, 2.45) is 0 Å². The smallest absolute Gasteiger partial charge is 0.295 e. The van der Waals surface area contributed by atoms with Crippen molar-refractivity contribution in [1.29, 1.82) is 0 Å². The number of morpholine rings is 2. The maximum Gasteiger partial charge on any atom is 0.295 e. The standard InChI is InChI=1S/C41H41N11O8S2/c53-61(54,55)34-26-32(43-37-45-36(25-28-7-3-1-4-8-28)46-40(48-37)51-17-21-59-22-18-51)15-13-29(34)11-12-30-14-16-33(27-35(30)62(56,57)58)44-39-47-38(42-31-9-5-2-6-10-31)49-41(50-39)52-19-23-60-24-20-52/h1-16,26-27H,17-25H2,(H,53,54,55)(H,56,57,58)(H,43,45,46,48)(H2,42,44,47,49,50)/b12-11+. The van der Waals surface area contributed by atoms with Crippen molar-refractivity contribution < 1.29 is 35.4 Å². The van der Waals surface area contributed by atoms with E-state index in [0.29, 0.717) is 76.7 Å². The van der Waals surface area contributed by atoms with Crippen LogP contribution >= 0.6 is 0 Å². The lowest BCUT2D eigenvalue weighted by Gasteiger charge is -2.27. The fourth-order valence-electron chi connectivity index (χ4n) is 6.64. The maximum atomic E-state index is 12.7. The summed E-state index contributed by atoms with van der Waals surface area (Å²) in [6, 6.07) is 27.3. The van der Waals surface area contributed by atoms with Crippen LogP contribution in [0.1, 0.15) is 22.5 Å². The predicted molar refractivity (Wildman–Crippen MR) is 233 cm³/mol. The van der Waals surface area contributed by atoms with Crippen LogP contribution in [-0.4, -0.2) is 108 Å². The largest absolute Gasteiger partial charge is 0.378 e. The maximum absolute atomic E-state index is 12.7. The van der Waals surface area contributed by atoms with Gasteiger partial charge < -0.3 is 35.2 Å². The minimum atomic E-state index is -4.83. The molecule has 320 valence electrons. The van der Waals surface area contributed by atoms with Gasteiger partial charge in [0.25, 0.3) is 20.2 Å². The Labute approximate surface area is 357 Å². The van der Waals surface area contributed by atoms with Crippen molar-refractivity contribution in [3.05, 3.63) is 120 Å². The van der Waals surface area contributed by atoms with Gasteiger partial charge in [-0.3, -0.25) is 9.11 Å². The summed E-state index contributed by atoms with van der Waals surface area (Å²) in [5.74, 6) is 1.77. The molecule has 62 heavy (non-hydrogen) atoms. The summed E-state index contributed by atoms with van der Waals surface area (Å²) in [5, 5.41) is 9.22. The molecule has 2 aliphatic heterocycles. The molecule has 8 rings (SSSR count). The molecule has 0 spiro atoms. The highest BCUT2D eigenvalue weighted by Gasteiger charge is 2.22. The van der Waals surface area contributed by atoms with Crippen LogP contribution in [0.3, 0.4) is 0 Å². The van der Waals surface area contributed by atoms with Crippen LogP contribution in [0, 0.1) is 0 Å². The number of nitrogens with zero attached hydrogens (tertiary/aromatic N) is 8. The molecule has 21 heteroatoms. The van der Waals surface area contributed by atoms with Gasteiger partial charge in [0.2, 0.25) is 29.7 Å². The molecule has 5 N–H and O–H groups in total. The topological polar surface area (TPSA) is 247 Å². The van der Waals surface area contributed by atoms with Crippen LogP contribution in [0.5, 0.6) is 0 Å². The summed E-state index contributed by atoms with van der Waals surface area (Å²) in [5.41, 5.74) is 2.22. The molecule has 0 amide bonds. The molecular formula is C41H41N11O8S2. The van der Waals surface area contributed by atoms with Gasteiger partial charge in [-0.25, -0.2) is 0 Å². The zero-order chi connectivity index (χ0) is 43.1. The number of hydrogen-bond acceptors (Lipinski definition) is 17. The lowest BCUT2D eigenvalue weighted by molar-refractivity contribution is 0.122. The first-order chi connectivity index (χ1) is 29.9. The number of nitrogens with one attached hydrogen (secondary N) is 3. The van der Waals surface area contributed by atoms with Gasteiger partial charge in [0, 0.05) is 49.7 Å². The third kappa shape index (κ3) is 10.8. The third-order valence-corrected chi connectivity index (χ3v) is 11.5. The third-order valence-electron chi connectivity index (χ3n) is 9.65. The van der Waals surface area contributed by atoms with Gasteiger partial charge in [0.1, 0.15) is 15.6 Å². The lowest BCUT2D eigenvalue weighted by atomic mass is 10.1. The summed E-state index contributed by atoms with van der Waals surface area (Å²) in [6.07, 6.45) is 3.03. The van der Waals surface area contributed by atoms with Crippen LogP contribution in [0.4, 0.5) is 46.8 Å². The number of aromatic nitrogens is 6. The Morgan fingerprint density at radius 3 is 1.45 bits per heavy atom. The molecule has 2 aliphatic rings. The highest BCUT2D eigenvalue weighted by atomic mass is 32.2. The van der Waals surface area contributed by atoms with Crippen molar-refractivity contribution >= 4 is 79.2 Å². The monoisotopic (exact) mass is 879 g/mol. The Balaban J connectivity index is 1.06. The van der Waals surface area contributed by atoms with Crippen LogP contribution in [0.25, 0.3) is 12.2 Å². The number of para-hydroxylation sites is 1. The molecule has 0 saturated carbocycles. The molecular weight excluding hydrogens is 839 g/mol. The predicted octanol–water partition coefficient (Wildman–Crippen LogP) is 5.22. The molecule has 0 unspecified atom stereocenters. The molecule has 0 bridgehead atoms. The first-order valence-electron chi connectivity index (χ1n) is 19.4. The average Bonchev–Trinajstić information content (AvgIpc) is 3.27. The molecule has 0 atom stereocenters. The van der Waals surface area contributed by atoms with Crippen LogP contribution in [-0.2, 0) is 36.1 Å². The first kappa shape index (κ1) is 42.1. The number of benzene rings is 4. The number of ether oxygens (including phenoxy) is 2. The lowest BCUT2D eigenvalue weighted by Crippen LogP contribution is -2.37. The molecule has 6 aromatic rings. The second kappa shape index (κ2) is 18.6. The van der Waals surface area contributed by atoms with Crippen LogP contribution in [0.15, 0.2) is 107 Å². The van der Waals surface area contributed by atoms with Crippen molar-refractivity contribution in [3.8, 4) is 0 Å². The van der Waals surface area contributed by atoms with Gasteiger partial charge >= 0.3 is 0 Å². The van der Waals surface area contributed by atoms with Crippen molar-refractivity contribution in [2.75, 3.05) is 78.4 Å². The molecule has 2 saturated heterocycles. The van der Waals surface area contributed by atoms with E-state index in [9.17, 15) is 25.9 Å². The fourth-order valence-corrected chi connectivity index (χ4v) is 8.06. The van der Waals surface area contributed by atoms with E-state index in [1.165, 1.54) is 36.4 Å². The molecule has 4 heterocycles. The minimum absolute atomic E-state index is 0.0180. The van der Waals surface area contributed by atoms with Crippen molar-refractivity contribution in [1.82, 2.24) is 29.9 Å². The van der Waals surface area contributed by atoms with Gasteiger partial charge in [-0.05, 0) is 53.1 Å². The van der Waals surface area contributed by atoms with Gasteiger partial charge in [-0.15, -0.1) is 0 Å². The van der Waals surface area contributed by atoms with E-state index in [1.807, 2.05) is 70.5 Å². The summed E-state index contributed by atoms with van der Waals surface area (Å²) >= 11 is 0. The van der Waals surface area contributed by atoms with Gasteiger partial charge in [-0.2, -0.15) is 46.7 Å². The molecule has 2 aromatic heterocycles. The van der Waals surface area contributed by atoms with E-state index in [4.69, 9.17) is 9.47 Å². The van der Waals surface area contributed by atoms with Gasteiger partial charge in [0.15, 0.2) is 0 Å². The second-order valence-corrected chi connectivity index (χ2v) is 16.8. The zero-order valence-electron chi connectivity index (χ0n) is 33.0. The van der Waals surface area contributed by atoms with E-state index in [2.05, 4.69) is 45.9 Å². The second-order valence-electron chi connectivity index (χ2n) is 14.0. The van der Waals surface area contributed by atoms with Crippen molar-refractivity contribution in [3.63, 3.8) is 0 Å². The molecule has 4 aromatic carbocycles. The molecule has 19 nitrogen and oxygen atoms in total. The highest BCUT2D eigenvalue weighted by molar-refractivity contribution is 7.86. The van der Waals surface area contributed by atoms with E-state index < -0.39 is 30.0 Å². The average molecular weight is 880 g/mol. The summed E-state index contributed by atoms with van der Waals surface area (Å²) < 4.78 is 82.6. The minimum Gasteiger partial charge on any atom is -0.378 e. The number of rotatable bonds is 14. The summed E-state index contributed by atoms with van der Waals surface area (Å²) in [4.78, 5) is 30.5. The number of anilines is 8. The number of hydrogen-bond donors (Lipinski definition) is 5. The quantitative estimate of drug-likeness (QED) is 0.0695. The van der Waals surface area contributed by atoms with E-state index in [0.717, 1.165) is 11.3 Å². The Kier molecular flexibility index (Phi) is 12.6. The molecule has 2 fully saturated rings. The first-order valence-corrected chi connectivity index (χ1v) is 22.3. The highest BCUT2D eigenvalue weighted by Crippen LogP contribution is 2.29.